The molecule has 0 aliphatic heterocycles. The Labute approximate surface area is 125 Å². The maximum atomic E-state index is 14.3. The quantitative estimate of drug-likeness (QED) is 0.721. The number of benzene rings is 1. The lowest BCUT2D eigenvalue weighted by Crippen LogP contribution is -2.35. The van der Waals surface area contributed by atoms with Gasteiger partial charge < -0.3 is 0 Å². The fourth-order valence-electron chi connectivity index (χ4n) is 2.54. The SMILES string of the molecule is CC(Cn1cncn1)(Cn1cncn1)c1ccc(F)cc1F. The molecule has 0 saturated carbocycles. The van der Waals surface area contributed by atoms with Crippen molar-refractivity contribution in [1.29, 1.82) is 0 Å². The number of hydrogen-bond donors (Lipinski definition) is 0. The van der Waals surface area contributed by atoms with Gasteiger partial charge in [0.15, 0.2) is 0 Å². The Hall–Kier alpha value is -2.64. The van der Waals surface area contributed by atoms with E-state index in [9.17, 15) is 8.78 Å². The van der Waals surface area contributed by atoms with Gasteiger partial charge in [0.05, 0.1) is 13.1 Å². The molecule has 6 nitrogen and oxygen atoms in total. The van der Waals surface area contributed by atoms with E-state index in [1.807, 2.05) is 6.92 Å². The second-order valence-electron chi connectivity index (χ2n) is 5.37. The van der Waals surface area contributed by atoms with Crippen LogP contribution in [0.2, 0.25) is 0 Å². The topological polar surface area (TPSA) is 61.4 Å². The lowest BCUT2D eigenvalue weighted by atomic mass is 9.82. The van der Waals surface area contributed by atoms with Crippen molar-refractivity contribution < 1.29 is 8.78 Å². The van der Waals surface area contributed by atoms with Gasteiger partial charge in [-0.1, -0.05) is 13.0 Å². The molecule has 3 aromatic rings. The van der Waals surface area contributed by atoms with E-state index >= 15 is 0 Å². The molecule has 0 bridgehead atoms. The van der Waals surface area contributed by atoms with Gasteiger partial charge in [-0.3, -0.25) is 9.36 Å². The monoisotopic (exact) mass is 304 g/mol. The smallest absolute Gasteiger partial charge is 0.137 e. The van der Waals surface area contributed by atoms with Crippen LogP contribution in [0.15, 0.2) is 43.5 Å². The molecule has 0 atom stereocenters. The molecule has 2 aromatic heterocycles. The second-order valence-corrected chi connectivity index (χ2v) is 5.37. The fraction of sp³-hybridized carbons (Fsp3) is 0.286. The Kier molecular flexibility index (Phi) is 3.66. The van der Waals surface area contributed by atoms with Crippen molar-refractivity contribution >= 4 is 0 Å². The highest BCUT2D eigenvalue weighted by molar-refractivity contribution is 5.27. The average Bonchev–Trinajstić information content (AvgIpc) is 3.12. The average molecular weight is 304 g/mol. The summed E-state index contributed by atoms with van der Waals surface area (Å²) in [5.41, 5.74) is -0.306. The Morgan fingerprint density at radius 3 is 2.05 bits per heavy atom. The third-order valence-electron chi connectivity index (χ3n) is 3.54. The van der Waals surface area contributed by atoms with Crippen molar-refractivity contribution in [3.63, 3.8) is 0 Å². The van der Waals surface area contributed by atoms with Gasteiger partial charge >= 0.3 is 0 Å². The molecular formula is C14H14F2N6. The maximum absolute atomic E-state index is 14.3. The van der Waals surface area contributed by atoms with E-state index in [1.165, 1.54) is 24.8 Å². The third-order valence-corrected chi connectivity index (χ3v) is 3.54. The first-order valence-electron chi connectivity index (χ1n) is 6.67. The summed E-state index contributed by atoms with van der Waals surface area (Å²) in [6, 6.07) is 3.59. The van der Waals surface area contributed by atoms with E-state index in [2.05, 4.69) is 20.2 Å². The van der Waals surface area contributed by atoms with Crippen LogP contribution in [0.5, 0.6) is 0 Å². The first-order valence-corrected chi connectivity index (χ1v) is 6.67. The molecule has 0 saturated heterocycles. The van der Waals surface area contributed by atoms with Crippen LogP contribution in [0.25, 0.3) is 0 Å². The van der Waals surface area contributed by atoms with E-state index in [-0.39, 0.29) is 0 Å². The molecule has 0 aliphatic rings. The molecule has 0 aliphatic carbocycles. The van der Waals surface area contributed by atoms with Crippen molar-refractivity contribution in [2.75, 3.05) is 0 Å². The Balaban J connectivity index is 2.01. The molecule has 3 rings (SSSR count). The van der Waals surface area contributed by atoms with E-state index in [0.717, 1.165) is 6.07 Å². The Morgan fingerprint density at radius 2 is 1.59 bits per heavy atom. The zero-order chi connectivity index (χ0) is 15.6. The molecule has 22 heavy (non-hydrogen) atoms. The minimum atomic E-state index is -0.695. The van der Waals surface area contributed by atoms with E-state index < -0.39 is 17.0 Å². The lowest BCUT2D eigenvalue weighted by Gasteiger charge is -2.30. The molecule has 0 amide bonds. The highest BCUT2D eigenvalue weighted by atomic mass is 19.1. The number of aromatic nitrogens is 6. The summed E-state index contributed by atoms with van der Waals surface area (Å²) in [5, 5.41) is 8.13. The van der Waals surface area contributed by atoms with Crippen molar-refractivity contribution in [2.24, 2.45) is 0 Å². The Bertz CT molecular complexity index is 703. The number of halogens is 2. The number of nitrogens with zero attached hydrogens (tertiary/aromatic N) is 6. The van der Waals surface area contributed by atoms with E-state index in [1.54, 1.807) is 22.0 Å². The van der Waals surface area contributed by atoms with Crippen LogP contribution < -0.4 is 0 Å². The molecule has 114 valence electrons. The molecule has 8 heteroatoms. The Morgan fingerprint density at radius 1 is 1.00 bits per heavy atom. The fourth-order valence-corrected chi connectivity index (χ4v) is 2.54. The molecule has 0 radical (unpaired) electrons. The van der Waals surface area contributed by atoms with Gasteiger partial charge in [-0.05, 0) is 11.6 Å². The molecule has 1 aromatic carbocycles. The molecule has 0 unspecified atom stereocenters. The van der Waals surface area contributed by atoms with Crippen molar-refractivity contribution in [3.8, 4) is 0 Å². The minimum absolute atomic E-state index is 0.370. The predicted octanol–water partition coefficient (Wildman–Crippen LogP) is 1.81. The van der Waals surface area contributed by atoms with Crippen LogP contribution >= 0.6 is 0 Å². The van der Waals surface area contributed by atoms with Crippen molar-refractivity contribution in [2.45, 2.75) is 25.4 Å². The summed E-state index contributed by atoms with van der Waals surface area (Å²) in [4.78, 5) is 7.79. The van der Waals surface area contributed by atoms with Crippen molar-refractivity contribution in [1.82, 2.24) is 29.5 Å². The van der Waals surface area contributed by atoms with Crippen LogP contribution in [0, 0.1) is 11.6 Å². The van der Waals surface area contributed by atoms with Crippen molar-refractivity contribution in [3.05, 3.63) is 60.7 Å². The molecular weight excluding hydrogens is 290 g/mol. The predicted molar refractivity (Wildman–Crippen MR) is 73.8 cm³/mol. The number of hydrogen-bond acceptors (Lipinski definition) is 4. The van der Waals surface area contributed by atoms with Gasteiger partial charge in [-0.15, -0.1) is 0 Å². The van der Waals surface area contributed by atoms with Gasteiger partial charge in [0.2, 0.25) is 0 Å². The van der Waals surface area contributed by atoms with Gasteiger partial charge in [0, 0.05) is 11.5 Å². The molecule has 0 fully saturated rings. The highest BCUT2D eigenvalue weighted by Crippen LogP contribution is 2.30. The maximum Gasteiger partial charge on any atom is 0.137 e. The van der Waals surface area contributed by atoms with Gasteiger partial charge in [0.1, 0.15) is 36.9 Å². The van der Waals surface area contributed by atoms with Crippen LogP contribution in [0.3, 0.4) is 0 Å². The lowest BCUT2D eigenvalue weighted by molar-refractivity contribution is 0.301. The standard InChI is InChI=1S/C14H14F2N6/c1-14(5-21-9-17-7-19-21,6-22-10-18-8-20-22)12-3-2-11(15)4-13(12)16/h2-4,7-10H,5-6H2,1H3. The van der Waals surface area contributed by atoms with E-state index in [4.69, 9.17) is 0 Å². The summed E-state index contributed by atoms with van der Waals surface area (Å²) in [6.07, 6.45) is 5.94. The van der Waals surface area contributed by atoms with Gasteiger partial charge in [-0.25, -0.2) is 18.7 Å². The molecule has 2 heterocycles. The van der Waals surface area contributed by atoms with Crippen LogP contribution in [0.1, 0.15) is 12.5 Å². The van der Waals surface area contributed by atoms with Crippen LogP contribution in [-0.4, -0.2) is 29.5 Å². The van der Waals surface area contributed by atoms with Gasteiger partial charge in [0.25, 0.3) is 0 Å². The normalized spacial score (nSPS) is 11.8. The molecule has 0 N–H and O–H groups in total. The van der Waals surface area contributed by atoms with Crippen LogP contribution in [0.4, 0.5) is 8.78 Å². The minimum Gasteiger partial charge on any atom is -0.252 e. The third kappa shape index (κ3) is 2.85. The zero-order valence-electron chi connectivity index (χ0n) is 11.9. The summed E-state index contributed by atoms with van der Waals surface area (Å²) in [6.45, 7) is 2.61. The first-order chi connectivity index (χ1) is 10.6. The second kappa shape index (κ2) is 5.63. The summed E-state index contributed by atoms with van der Waals surface area (Å²) in [7, 11) is 0. The summed E-state index contributed by atoms with van der Waals surface area (Å²) >= 11 is 0. The first kappa shape index (κ1) is 14.3. The highest BCUT2D eigenvalue weighted by Gasteiger charge is 2.32. The number of rotatable bonds is 5. The summed E-state index contributed by atoms with van der Waals surface area (Å²) < 4.78 is 30.7. The zero-order valence-corrected chi connectivity index (χ0v) is 11.9. The van der Waals surface area contributed by atoms with E-state index in [0.29, 0.717) is 18.7 Å². The largest absolute Gasteiger partial charge is 0.252 e. The summed E-state index contributed by atoms with van der Waals surface area (Å²) in [5.74, 6) is -1.20. The molecule has 0 spiro atoms. The van der Waals surface area contributed by atoms with Gasteiger partial charge in [-0.2, -0.15) is 10.2 Å². The van der Waals surface area contributed by atoms with Crippen LogP contribution in [-0.2, 0) is 18.5 Å².